The Labute approximate surface area is 181 Å². The summed E-state index contributed by atoms with van der Waals surface area (Å²) in [6.07, 6.45) is 11.9. The molecule has 1 aromatic carbocycles. The third-order valence-electron chi connectivity index (χ3n) is 5.48. The first-order valence-electron chi connectivity index (χ1n) is 9.75. The normalized spacial score (nSPS) is 17.0. The first-order valence-corrected chi connectivity index (χ1v) is 11.8. The number of nitrogens with one attached hydrogen (secondary N) is 1. The van der Waals surface area contributed by atoms with Crippen molar-refractivity contribution in [3.8, 4) is 0 Å². The molecule has 0 spiro atoms. The maximum atomic E-state index is 4.82. The molecule has 4 aromatic rings. The Kier molecular flexibility index (Phi) is 4.80. The first kappa shape index (κ1) is 18.6. The minimum absolute atomic E-state index is 0.185. The average Bonchev–Trinajstić information content (AvgIpc) is 3.34. The van der Waals surface area contributed by atoms with Crippen LogP contribution in [0.1, 0.15) is 30.4 Å². The fourth-order valence-corrected chi connectivity index (χ4v) is 6.06. The van der Waals surface area contributed by atoms with Gasteiger partial charge in [-0.25, -0.2) is 4.98 Å². The van der Waals surface area contributed by atoms with Crippen molar-refractivity contribution in [3.05, 3.63) is 81.2 Å². The molecule has 0 saturated carbocycles. The number of hydrogen-bond acceptors (Lipinski definition) is 1. The highest BCUT2D eigenvalue weighted by molar-refractivity contribution is 9.10. The summed E-state index contributed by atoms with van der Waals surface area (Å²) < 4.78 is 3.37. The van der Waals surface area contributed by atoms with Gasteiger partial charge in [-0.05, 0) is 76.6 Å². The molecule has 0 amide bonds. The third-order valence-corrected chi connectivity index (χ3v) is 7.81. The molecule has 29 heavy (non-hydrogen) atoms. The van der Waals surface area contributed by atoms with Gasteiger partial charge in [-0.15, -0.1) is 0 Å². The number of aromatic amines is 1. The Hall–Kier alpha value is -2.37. The van der Waals surface area contributed by atoms with Gasteiger partial charge in [-0.3, -0.25) is 3.97 Å². The molecule has 3 heterocycles. The van der Waals surface area contributed by atoms with E-state index in [1.807, 2.05) is 12.4 Å². The second-order valence-corrected chi connectivity index (χ2v) is 10.2. The second-order valence-electron chi connectivity index (χ2n) is 7.36. The van der Waals surface area contributed by atoms with Gasteiger partial charge in [0.2, 0.25) is 0 Å². The molecule has 5 heteroatoms. The Morgan fingerprint density at radius 2 is 2.07 bits per heavy atom. The number of benzene rings is 1. The highest BCUT2D eigenvalue weighted by Gasteiger charge is 2.20. The molecule has 0 radical (unpaired) electrons. The second kappa shape index (κ2) is 7.47. The Morgan fingerprint density at radius 3 is 2.86 bits per heavy atom. The van der Waals surface area contributed by atoms with Crippen molar-refractivity contribution in [1.29, 1.82) is 0 Å². The van der Waals surface area contributed by atoms with Crippen molar-refractivity contribution < 1.29 is 0 Å². The fraction of sp³-hybridized carbons (Fsp3) is 0.167. The summed E-state index contributed by atoms with van der Waals surface area (Å²) in [4.78, 5) is 9.44. The van der Waals surface area contributed by atoms with Gasteiger partial charge in [0, 0.05) is 44.6 Å². The molecule has 146 valence electrons. The van der Waals surface area contributed by atoms with Crippen LogP contribution in [-0.4, -0.2) is 19.3 Å². The number of pyridine rings is 1. The van der Waals surface area contributed by atoms with Crippen LogP contribution in [0.4, 0.5) is 0 Å². The van der Waals surface area contributed by atoms with E-state index in [4.69, 9.17) is 4.98 Å². The van der Waals surface area contributed by atoms with E-state index in [9.17, 15) is 0 Å². The molecule has 1 aliphatic rings. The highest BCUT2D eigenvalue weighted by atomic mass is 79.9. The largest absolute Gasteiger partial charge is 0.361 e. The lowest BCUT2D eigenvalue weighted by atomic mass is 9.92. The lowest BCUT2D eigenvalue weighted by Gasteiger charge is -2.13. The van der Waals surface area contributed by atoms with Gasteiger partial charge in [0.25, 0.3) is 0 Å². The van der Waals surface area contributed by atoms with Gasteiger partial charge in [0.1, 0.15) is 5.65 Å². The number of H-pyrrole nitrogens is 1. The summed E-state index contributed by atoms with van der Waals surface area (Å²) in [6.45, 7) is 4.27. The van der Waals surface area contributed by atoms with Crippen LogP contribution in [0.15, 0.2) is 64.4 Å². The average molecular weight is 464 g/mol. The zero-order valence-corrected chi connectivity index (χ0v) is 18.8. The van der Waals surface area contributed by atoms with E-state index in [1.165, 1.54) is 32.0 Å². The summed E-state index contributed by atoms with van der Waals surface area (Å²) in [6, 6.07) is 13.2. The maximum Gasteiger partial charge on any atom is 0.150 e. The lowest BCUT2D eigenvalue weighted by Crippen LogP contribution is -2.26. The van der Waals surface area contributed by atoms with Crippen molar-refractivity contribution in [1.82, 2.24) is 13.9 Å². The van der Waals surface area contributed by atoms with Crippen LogP contribution in [0.5, 0.6) is 0 Å². The molecule has 5 rings (SSSR count). The number of rotatable bonds is 3. The van der Waals surface area contributed by atoms with Crippen LogP contribution in [-0.2, 0) is 0 Å². The maximum absolute atomic E-state index is 4.82. The summed E-state index contributed by atoms with van der Waals surface area (Å²) in [5.74, 6) is 0.346. The molecule has 1 aliphatic carbocycles. The lowest BCUT2D eigenvalue weighted by molar-refractivity contribution is 0.924. The van der Waals surface area contributed by atoms with Crippen LogP contribution < -0.4 is 10.6 Å². The van der Waals surface area contributed by atoms with Crippen molar-refractivity contribution in [2.75, 3.05) is 0 Å². The van der Waals surface area contributed by atoms with Gasteiger partial charge >= 0.3 is 0 Å². The number of halogens is 1. The number of aromatic nitrogens is 3. The molecule has 0 bridgehead atoms. The van der Waals surface area contributed by atoms with E-state index in [2.05, 4.69) is 98.8 Å². The van der Waals surface area contributed by atoms with Crippen LogP contribution in [0, 0.1) is 6.92 Å². The molecular formula is C24H22BrN3S. The number of nitrogens with zero attached hydrogens (tertiary/aromatic N) is 2. The predicted octanol–water partition coefficient (Wildman–Crippen LogP) is 5.10. The van der Waals surface area contributed by atoms with E-state index in [0.717, 1.165) is 16.5 Å². The molecule has 0 aliphatic heterocycles. The summed E-state index contributed by atoms with van der Waals surface area (Å²) >= 11 is 3.63. The topological polar surface area (TPSA) is 33.6 Å². The van der Waals surface area contributed by atoms with E-state index in [-0.39, 0.29) is 10.7 Å². The fourth-order valence-electron chi connectivity index (χ4n) is 4.03. The van der Waals surface area contributed by atoms with Crippen LogP contribution in [0.3, 0.4) is 0 Å². The van der Waals surface area contributed by atoms with Crippen molar-refractivity contribution in [2.24, 2.45) is 0 Å². The molecule has 2 atom stereocenters. The quantitative estimate of drug-likeness (QED) is 0.421. The number of hydrogen-bond donors (Lipinski definition) is 1. The Balaban J connectivity index is 1.70. The molecule has 3 aromatic heterocycles. The standard InChI is InChI=1S/C24H22BrN3S/c1-3-29(20-7-4-16(2)5-8-20)28-15-22(21-13-19(25)14-27-24(21)28)17-6-9-23-18(12-17)10-11-26-23/h3-5,7-15,17,26H,6H2,1-2H3. The molecule has 3 nitrogen and oxygen atoms in total. The van der Waals surface area contributed by atoms with Gasteiger partial charge in [-0.1, -0.05) is 40.5 Å². The minimum Gasteiger partial charge on any atom is -0.361 e. The summed E-state index contributed by atoms with van der Waals surface area (Å²) in [5, 5.41) is 6.01. The van der Waals surface area contributed by atoms with Crippen molar-refractivity contribution >= 4 is 55.2 Å². The summed E-state index contributed by atoms with van der Waals surface area (Å²) in [5.41, 5.74) is 3.66. The van der Waals surface area contributed by atoms with Gasteiger partial charge in [0.15, 0.2) is 0 Å². The molecule has 2 unspecified atom stereocenters. The van der Waals surface area contributed by atoms with E-state index >= 15 is 0 Å². The monoisotopic (exact) mass is 463 g/mol. The first-order chi connectivity index (χ1) is 14.1. The molecule has 0 fully saturated rings. The van der Waals surface area contributed by atoms with Gasteiger partial charge in [0.05, 0.1) is 0 Å². The van der Waals surface area contributed by atoms with Gasteiger partial charge < -0.3 is 4.98 Å². The highest BCUT2D eigenvalue weighted by Crippen LogP contribution is 2.38. The van der Waals surface area contributed by atoms with Crippen molar-refractivity contribution in [3.63, 3.8) is 0 Å². The minimum atomic E-state index is -0.185. The zero-order valence-electron chi connectivity index (χ0n) is 16.4. The number of aryl methyl sites for hydroxylation is 1. The SMILES string of the molecule is C/C=S(\c1ccc(C)cc1)n1cc(C2C=c3cc[nH]c3=CC2)c2cc(Br)cnc21. The van der Waals surface area contributed by atoms with Crippen molar-refractivity contribution in [2.45, 2.75) is 31.1 Å². The van der Waals surface area contributed by atoms with Crippen LogP contribution >= 0.6 is 26.6 Å². The zero-order chi connectivity index (χ0) is 20.0. The Morgan fingerprint density at radius 1 is 1.24 bits per heavy atom. The van der Waals surface area contributed by atoms with E-state index in [0.29, 0.717) is 5.92 Å². The molecule has 1 N–H and O–H groups in total. The van der Waals surface area contributed by atoms with E-state index in [1.54, 1.807) is 0 Å². The predicted molar refractivity (Wildman–Crippen MR) is 128 cm³/mol. The molecular weight excluding hydrogens is 442 g/mol. The molecule has 0 saturated heterocycles. The van der Waals surface area contributed by atoms with Gasteiger partial charge in [-0.2, -0.15) is 0 Å². The third kappa shape index (κ3) is 3.32. The van der Waals surface area contributed by atoms with E-state index < -0.39 is 0 Å². The smallest absolute Gasteiger partial charge is 0.150 e. The van der Waals surface area contributed by atoms with Crippen LogP contribution in [0.2, 0.25) is 0 Å². The Bertz CT molecular complexity index is 1360. The van der Waals surface area contributed by atoms with Crippen LogP contribution in [0.25, 0.3) is 23.2 Å². The number of fused-ring (bicyclic) bond motifs is 2. The summed E-state index contributed by atoms with van der Waals surface area (Å²) in [7, 11) is -0.185.